The van der Waals surface area contributed by atoms with Crippen LogP contribution in [0.2, 0.25) is 0 Å². The predicted octanol–water partition coefficient (Wildman–Crippen LogP) is 4.16. The average Bonchev–Trinajstić information content (AvgIpc) is 2.69. The highest BCUT2D eigenvalue weighted by Gasteiger charge is 2.29. The van der Waals surface area contributed by atoms with Crippen LogP contribution in [0.15, 0.2) is 4.52 Å². The Hall–Kier alpha value is -0.830. The quantitative estimate of drug-likeness (QED) is 0.887. The van der Waals surface area contributed by atoms with Crippen molar-refractivity contribution in [1.82, 2.24) is 10.5 Å². The molecule has 1 fully saturated rings. The fourth-order valence-corrected chi connectivity index (χ4v) is 3.68. The summed E-state index contributed by atoms with van der Waals surface area (Å²) in [6.07, 6.45) is 5.41. The number of hydrogen-bond acceptors (Lipinski definition) is 3. The third-order valence-corrected chi connectivity index (χ3v) is 4.66. The molecule has 0 aliphatic heterocycles. The van der Waals surface area contributed by atoms with Gasteiger partial charge < -0.3 is 9.84 Å². The van der Waals surface area contributed by atoms with Crippen LogP contribution in [-0.4, -0.2) is 11.2 Å². The van der Waals surface area contributed by atoms with Gasteiger partial charge >= 0.3 is 0 Å². The Morgan fingerprint density at radius 1 is 1.16 bits per heavy atom. The molecule has 0 radical (unpaired) electrons. The van der Waals surface area contributed by atoms with Crippen molar-refractivity contribution in [2.45, 2.75) is 72.4 Å². The predicted molar refractivity (Wildman–Crippen MR) is 78.1 cm³/mol. The van der Waals surface area contributed by atoms with Crippen molar-refractivity contribution in [2.75, 3.05) is 0 Å². The maximum Gasteiger partial charge on any atom is 0.138 e. The molecule has 0 saturated heterocycles. The van der Waals surface area contributed by atoms with E-state index >= 15 is 0 Å². The lowest BCUT2D eigenvalue weighted by Gasteiger charge is -2.36. The van der Waals surface area contributed by atoms with E-state index in [9.17, 15) is 0 Å². The summed E-state index contributed by atoms with van der Waals surface area (Å²) in [5.41, 5.74) is 2.27. The Labute approximate surface area is 117 Å². The van der Waals surface area contributed by atoms with Crippen LogP contribution in [0.1, 0.15) is 69.5 Å². The summed E-state index contributed by atoms with van der Waals surface area (Å²) in [5, 5.41) is 7.90. The second-order valence-electron chi connectivity index (χ2n) is 6.43. The van der Waals surface area contributed by atoms with Crippen molar-refractivity contribution in [1.29, 1.82) is 0 Å². The van der Waals surface area contributed by atoms with E-state index in [2.05, 4.69) is 31.2 Å². The molecule has 1 aliphatic rings. The maximum absolute atomic E-state index is 5.29. The van der Waals surface area contributed by atoms with Gasteiger partial charge in [0, 0.05) is 17.6 Å². The Morgan fingerprint density at radius 3 is 2.42 bits per heavy atom. The molecule has 3 heteroatoms. The van der Waals surface area contributed by atoms with Gasteiger partial charge in [0.1, 0.15) is 5.76 Å². The number of aromatic nitrogens is 1. The topological polar surface area (TPSA) is 38.1 Å². The Bertz CT molecular complexity index is 391. The number of aryl methyl sites for hydroxylation is 2. The summed E-state index contributed by atoms with van der Waals surface area (Å²) in [4.78, 5) is 0. The second kappa shape index (κ2) is 6.08. The SMILES string of the molecule is Cc1noc(C)c1C(C)NC1CCCCC1C(C)C. The summed E-state index contributed by atoms with van der Waals surface area (Å²) in [6, 6.07) is 0.966. The molecular formula is C16H28N2O. The fraction of sp³-hybridized carbons (Fsp3) is 0.812. The average molecular weight is 264 g/mol. The van der Waals surface area contributed by atoms with Crippen LogP contribution in [0, 0.1) is 25.7 Å². The van der Waals surface area contributed by atoms with Gasteiger partial charge in [-0.15, -0.1) is 0 Å². The summed E-state index contributed by atoms with van der Waals surface area (Å²) >= 11 is 0. The van der Waals surface area contributed by atoms with Crippen molar-refractivity contribution in [3.8, 4) is 0 Å². The van der Waals surface area contributed by atoms with Crippen molar-refractivity contribution in [3.05, 3.63) is 17.0 Å². The lowest BCUT2D eigenvalue weighted by molar-refractivity contribution is 0.194. The molecule has 3 atom stereocenters. The van der Waals surface area contributed by atoms with Gasteiger partial charge in [-0.3, -0.25) is 0 Å². The third kappa shape index (κ3) is 3.19. The molecule has 1 N–H and O–H groups in total. The zero-order chi connectivity index (χ0) is 14.0. The van der Waals surface area contributed by atoms with Gasteiger partial charge in [0.05, 0.1) is 5.69 Å². The first kappa shape index (κ1) is 14.6. The highest BCUT2D eigenvalue weighted by atomic mass is 16.5. The number of rotatable bonds is 4. The first-order valence-electron chi connectivity index (χ1n) is 7.69. The summed E-state index contributed by atoms with van der Waals surface area (Å²) in [6.45, 7) is 11.0. The first-order valence-corrected chi connectivity index (χ1v) is 7.69. The number of hydrogen-bond donors (Lipinski definition) is 1. The molecule has 0 amide bonds. The van der Waals surface area contributed by atoms with E-state index in [0.29, 0.717) is 12.1 Å². The Morgan fingerprint density at radius 2 is 1.84 bits per heavy atom. The third-order valence-electron chi connectivity index (χ3n) is 4.66. The molecule has 1 aromatic rings. The Balaban J connectivity index is 2.07. The molecular weight excluding hydrogens is 236 g/mol. The van der Waals surface area contributed by atoms with Gasteiger partial charge in [-0.05, 0) is 45.4 Å². The minimum absolute atomic E-state index is 0.329. The van der Waals surface area contributed by atoms with Crippen LogP contribution in [0.3, 0.4) is 0 Å². The first-order chi connectivity index (χ1) is 9.00. The van der Waals surface area contributed by atoms with Crippen LogP contribution < -0.4 is 5.32 Å². The van der Waals surface area contributed by atoms with Gasteiger partial charge in [0.2, 0.25) is 0 Å². The summed E-state index contributed by atoms with van der Waals surface area (Å²) in [7, 11) is 0. The van der Waals surface area contributed by atoms with E-state index in [1.807, 2.05) is 13.8 Å². The minimum Gasteiger partial charge on any atom is -0.361 e. The van der Waals surface area contributed by atoms with E-state index < -0.39 is 0 Å². The largest absolute Gasteiger partial charge is 0.361 e. The maximum atomic E-state index is 5.29. The van der Waals surface area contributed by atoms with Crippen LogP contribution in [0.4, 0.5) is 0 Å². The molecule has 1 aromatic heterocycles. The van der Waals surface area contributed by atoms with Gasteiger partial charge in [-0.1, -0.05) is 31.8 Å². The molecule has 0 bridgehead atoms. The molecule has 1 saturated carbocycles. The van der Waals surface area contributed by atoms with Gasteiger partial charge in [-0.2, -0.15) is 0 Å². The second-order valence-corrected chi connectivity index (χ2v) is 6.43. The van der Waals surface area contributed by atoms with Crippen molar-refractivity contribution in [2.24, 2.45) is 11.8 Å². The summed E-state index contributed by atoms with van der Waals surface area (Å²) in [5.74, 6) is 2.51. The smallest absolute Gasteiger partial charge is 0.138 e. The normalized spacial score (nSPS) is 25.8. The number of nitrogens with one attached hydrogen (secondary N) is 1. The van der Waals surface area contributed by atoms with Gasteiger partial charge in [0.25, 0.3) is 0 Å². The fourth-order valence-electron chi connectivity index (χ4n) is 3.68. The molecule has 0 spiro atoms. The molecule has 2 rings (SSSR count). The molecule has 0 aromatic carbocycles. The van der Waals surface area contributed by atoms with E-state index in [4.69, 9.17) is 4.52 Å². The molecule has 108 valence electrons. The van der Waals surface area contributed by atoms with Gasteiger partial charge in [-0.25, -0.2) is 0 Å². The zero-order valence-electron chi connectivity index (χ0n) is 13.0. The molecule has 3 nitrogen and oxygen atoms in total. The highest BCUT2D eigenvalue weighted by Crippen LogP contribution is 2.32. The number of nitrogens with zero attached hydrogens (tertiary/aromatic N) is 1. The van der Waals surface area contributed by atoms with Crippen LogP contribution in [-0.2, 0) is 0 Å². The van der Waals surface area contributed by atoms with Gasteiger partial charge in [0.15, 0.2) is 0 Å². The van der Waals surface area contributed by atoms with E-state index in [1.165, 1.54) is 31.2 Å². The van der Waals surface area contributed by atoms with Crippen molar-refractivity contribution < 1.29 is 4.52 Å². The monoisotopic (exact) mass is 264 g/mol. The van der Waals surface area contributed by atoms with E-state index in [0.717, 1.165) is 23.3 Å². The Kier molecular flexibility index (Phi) is 4.67. The lowest BCUT2D eigenvalue weighted by atomic mass is 9.77. The van der Waals surface area contributed by atoms with Crippen LogP contribution >= 0.6 is 0 Å². The van der Waals surface area contributed by atoms with Crippen LogP contribution in [0.25, 0.3) is 0 Å². The zero-order valence-corrected chi connectivity index (χ0v) is 13.0. The lowest BCUT2D eigenvalue weighted by Crippen LogP contribution is -2.42. The van der Waals surface area contributed by atoms with Crippen LogP contribution in [0.5, 0.6) is 0 Å². The molecule has 3 unspecified atom stereocenters. The standard InChI is InChI=1S/C16H28N2O/c1-10(2)14-8-6-7-9-15(14)17-11(3)16-12(4)18-19-13(16)5/h10-11,14-15,17H,6-9H2,1-5H3. The van der Waals surface area contributed by atoms with Crippen molar-refractivity contribution in [3.63, 3.8) is 0 Å². The van der Waals surface area contributed by atoms with E-state index in [1.54, 1.807) is 0 Å². The van der Waals surface area contributed by atoms with Crippen molar-refractivity contribution >= 4 is 0 Å². The minimum atomic E-state index is 0.329. The molecule has 19 heavy (non-hydrogen) atoms. The highest BCUT2D eigenvalue weighted by molar-refractivity contribution is 5.24. The van der Waals surface area contributed by atoms with E-state index in [-0.39, 0.29) is 0 Å². The molecule has 1 heterocycles. The molecule has 1 aliphatic carbocycles. The summed E-state index contributed by atoms with van der Waals surface area (Å²) < 4.78 is 5.29.